The summed E-state index contributed by atoms with van der Waals surface area (Å²) in [5.41, 5.74) is -0.620. The molecule has 0 N–H and O–H groups in total. The van der Waals surface area contributed by atoms with Gasteiger partial charge >= 0.3 is 5.97 Å². The number of allylic oxidation sites excluding steroid dienone is 2. The molecule has 0 aromatic heterocycles. The monoisotopic (exact) mass is 294 g/mol. The van der Waals surface area contributed by atoms with Crippen LogP contribution in [0.4, 0.5) is 0 Å². The lowest BCUT2D eigenvalue weighted by atomic mass is 10.00. The van der Waals surface area contributed by atoms with Gasteiger partial charge < -0.3 is 9.53 Å². The Morgan fingerprint density at radius 1 is 1.24 bits per heavy atom. The van der Waals surface area contributed by atoms with Crippen molar-refractivity contribution in [3.8, 4) is 0 Å². The van der Waals surface area contributed by atoms with Crippen LogP contribution in [0, 0.1) is 23.2 Å². The minimum Gasteiger partial charge on any atom is -0.459 e. The number of hydrogen-bond acceptors (Lipinski definition) is 4. The Labute approximate surface area is 126 Å². The van der Waals surface area contributed by atoms with Crippen LogP contribution in [0.3, 0.4) is 0 Å². The van der Waals surface area contributed by atoms with Gasteiger partial charge in [0.1, 0.15) is 23.6 Å². The molecule has 1 fully saturated rings. The van der Waals surface area contributed by atoms with Gasteiger partial charge in [-0.15, -0.1) is 0 Å². The Bertz CT molecular complexity index is 454. The molecule has 0 bridgehead atoms. The first-order valence-corrected chi connectivity index (χ1v) is 7.36. The number of rotatable bonds is 6. The standard InChI is InChI=1S/C17H26O4/c1-11(19)12(15(20)21-16(2,3)4)8-7-9-13-14(10-18)17(13,5)6/h7,9-10,12-14H,8H2,1-6H3/b9-7+/t12?,13-,14+/m0/s1. The molecule has 1 aliphatic carbocycles. The predicted molar refractivity (Wildman–Crippen MR) is 80.6 cm³/mol. The predicted octanol–water partition coefficient (Wildman–Crippen LogP) is 2.95. The van der Waals surface area contributed by atoms with Crippen LogP contribution in [0.25, 0.3) is 0 Å². The molecule has 1 unspecified atom stereocenters. The fourth-order valence-electron chi connectivity index (χ4n) is 2.51. The summed E-state index contributed by atoms with van der Waals surface area (Å²) < 4.78 is 5.27. The second-order valence-corrected chi connectivity index (χ2v) is 7.37. The van der Waals surface area contributed by atoms with E-state index < -0.39 is 17.5 Å². The molecule has 0 spiro atoms. The average Bonchev–Trinajstić information content (AvgIpc) is 2.82. The van der Waals surface area contributed by atoms with Gasteiger partial charge in [-0.1, -0.05) is 26.0 Å². The highest BCUT2D eigenvalue weighted by Gasteiger charge is 2.55. The van der Waals surface area contributed by atoms with Gasteiger partial charge in [0.25, 0.3) is 0 Å². The van der Waals surface area contributed by atoms with E-state index in [4.69, 9.17) is 4.74 Å². The molecule has 1 saturated carbocycles. The molecule has 0 aromatic carbocycles. The minimum atomic E-state index is -0.767. The van der Waals surface area contributed by atoms with Gasteiger partial charge in [-0.05, 0) is 45.4 Å². The molecular weight excluding hydrogens is 268 g/mol. The van der Waals surface area contributed by atoms with Crippen molar-refractivity contribution in [2.75, 3.05) is 0 Å². The van der Waals surface area contributed by atoms with Crippen LogP contribution in [0.15, 0.2) is 12.2 Å². The maximum atomic E-state index is 12.0. The van der Waals surface area contributed by atoms with E-state index in [0.29, 0.717) is 6.42 Å². The molecule has 1 aliphatic rings. The molecule has 0 radical (unpaired) electrons. The average molecular weight is 294 g/mol. The van der Waals surface area contributed by atoms with E-state index >= 15 is 0 Å². The number of carbonyl (C=O) groups excluding carboxylic acids is 3. The summed E-state index contributed by atoms with van der Waals surface area (Å²) >= 11 is 0. The highest BCUT2D eigenvalue weighted by molar-refractivity contribution is 5.98. The van der Waals surface area contributed by atoms with Crippen LogP contribution < -0.4 is 0 Å². The molecule has 0 aromatic rings. The lowest BCUT2D eigenvalue weighted by molar-refractivity contribution is -0.161. The Kier molecular flexibility index (Phi) is 5.13. The second-order valence-electron chi connectivity index (χ2n) is 7.37. The van der Waals surface area contributed by atoms with Gasteiger partial charge in [0.2, 0.25) is 0 Å². The fourth-order valence-corrected chi connectivity index (χ4v) is 2.51. The number of carbonyl (C=O) groups is 3. The molecule has 0 saturated heterocycles. The molecule has 0 heterocycles. The first-order valence-electron chi connectivity index (χ1n) is 7.36. The van der Waals surface area contributed by atoms with Crippen LogP contribution >= 0.6 is 0 Å². The van der Waals surface area contributed by atoms with Crippen molar-refractivity contribution in [3.05, 3.63) is 12.2 Å². The van der Waals surface area contributed by atoms with Crippen LogP contribution in [0.1, 0.15) is 48.0 Å². The van der Waals surface area contributed by atoms with Gasteiger partial charge in [0, 0.05) is 5.92 Å². The number of aldehydes is 1. The summed E-state index contributed by atoms with van der Waals surface area (Å²) in [6, 6.07) is 0. The van der Waals surface area contributed by atoms with Crippen molar-refractivity contribution < 1.29 is 19.1 Å². The molecule has 3 atom stereocenters. The summed E-state index contributed by atoms with van der Waals surface area (Å²) in [5.74, 6) is -1.22. The van der Waals surface area contributed by atoms with Crippen molar-refractivity contribution in [1.82, 2.24) is 0 Å². The zero-order chi connectivity index (χ0) is 16.4. The van der Waals surface area contributed by atoms with Crippen LogP contribution in [-0.2, 0) is 19.1 Å². The summed E-state index contributed by atoms with van der Waals surface area (Å²) in [6.45, 7) is 10.8. The SMILES string of the molecule is CC(=O)C(C/C=C/[C@H]1[C@@H](C=O)C1(C)C)C(=O)OC(C)(C)C. The smallest absolute Gasteiger partial charge is 0.317 e. The van der Waals surface area contributed by atoms with Gasteiger partial charge in [-0.3, -0.25) is 9.59 Å². The fraction of sp³-hybridized carbons (Fsp3) is 0.706. The third-order valence-electron chi connectivity index (χ3n) is 4.04. The molecule has 4 heteroatoms. The van der Waals surface area contributed by atoms with E-state index in [1.807, 2.05) is 26.0 Å². The lowest BCUT2D eigenvalue weighted by Gasteiger charge is -2.22. The van der Waals surface area contributed by atoms with Crippen LogP contribution in [-0.4, -0.2) is 23.6 Å². The molecule has 1 rings (SSSR count). The number of Topliss-reactive ketones (excluding diaryl/α,β-unsaturated/α-hetero) is 1. The quantitative estimate of drug-likeness (QED) is 0.327. The molecule has 4 nitrogen and oxygen atoms in total. The van der Waals surface area contributed by atoms with Gasteiger partial charge in [0.15, 0.2) is 0 Å². The molecule has 21 heavy (non-hydrogen) atoms. The lowest BCUT2D eigenvalue weighted by Crippen LogP contribution is -2.31. The number of ketones is 1. The second kappa shape index (κ2) is 6.12. The third-order valence-corrected chi connectivity index (χ3v) is 4.04. The van der Waals surface area contributed by atoms with E-state index in [9.17, 15) is 14.4 Å². The van der Waals surface area contributed by atoms with Crippen molar-refractivity contribution in [3.63, 3.8) is 0 Å². The molecule has 0 amide bonds. The maximum absolute atomic E-state index is 12.0. The topological polar surface area (TPSA) is 60.4 Å². The first kappa shape index (κ1) is 17.6. The van der Waals surface area contributed by atoms with Gasteiger partial charge in [0.05, 0.1) is 0 Å². The van der Waals surface area contributed by atoms with E-state index in [1.54, 1.807) is 20.8 Å². The number of hydrogen-bond donors (Lipinski definition) is 0. The highest BCUT2D eigenvalue weighted by atomic mass is 16.6. The highest BCUT2D eigenvalue weighted by Crippen LogP contribution is 2.57. The van der Waals surface area contributed by atoms with Gasteiger partial charge in [-0.2, -0.15) is 0 Å². The Balaban J connectivity index is 2.63. The van der Waals surface area contributed by atoms with Crippen molar-refractivity contribution in [2.45, 2.75) is 53.6 Å². The number of ether oxygens (including phenoxy) is 1. The third kappa shape index (κ3) is 4.51. The van der Waals surface area contributed by atoms with Crippen LogP contribution in [0.2, 0.25) is 0 Å². The molecular formula is C17H26O4. The van der Waals surface area contributed by atoms with E-state index in [0.717, 1.165) is 6.29 Å². The zero-order valence-electron chi connectivity index (χ0n) is 13.8. The zero-order valence-corrected chi connectivity index (χ0v) is 13.8. The van der Waals surface area contributed by atoms with Crippen molar-refractivity contribution >= 4 is 18.0 Å². The van der Waals surface area contributed by atoms with Gasteiger partial charge in [-0.25, -0.2) is 0 Å². The Morgan fingerprint density at radius 3 is 2.19 bits per heavy atom. The van der Waals surface area contributed by atoms with E-state index in [1.165, 1.54) is 6.92 Å². The largest absolute Gasteiger partial charge is 0.459 e. The molecule has 0 aliphatic heterocycles. The van der Waals surface area contributed by atoms with Crippen molar-refractivity contribution in [1.29, 1.82) is 0 Å². The number of esters is 1. The summed E-state index contributed by atoms with van der Waals surface area (Å²) in [4.78, 5) is 34.5. The first-order chi connectivity index (χ1) is 9.50. The van der Waals surface area contributed by atoms with Crippen LogP contribution in [0.5, 0.6) is 0 Å². The summed E-state index contributed by atoms with van der Waals surface area (Å²) in [7, 11) is 0. The van der Waals surface area contributed by atoms with Crippen molar-refractivity contribution in [2.24, 2.45) is 23.2 Å². The Hall–Kier alpha value is -1.45. The van der Waals surface area contributed by atoms with E-state index in [-0.39, 0.29) is 23.0 Å². The Morgan fingerprint density at radius 2 is 1.81 bits per heavy atom. The normalized spacial score (nSPS) is 25.4. The summed E-state index contributed by atoms with van der Waals surface area (Å²) in [5, 5.41) is 0. The maximum Gasteiger partial charge on any atom is 0.317 e. The minimum absolute atomic E-state index is 0.0180. The summed E-state index contributed by atoms with van der Waals surface area (Å²) in [6.07, 6.45) is 5.07. The van der Waals surface area contributed by atoms with E-state index in [2.05, 4.69) is 0 Å². The molecule has 118 valence electrons.